The van der Waals surface area contributed by atoms with Crippen molar-refractivity contribution in [2.45, 2.75) is 130 Å². The maximum Gasteiger partial charge on any atom is 0.333 e. The van der Waals surface area contributed by atoms with E-state index in [9.17, 15) is 18.0 Å². The van der Waals surface area contributed by atoms with Gasteiger partial charge in [-0.05, 0) is 56.7 Å². The molecule has 1 fully saturated rings. The van der Waals surface area contributed by atoms with Crippen LogP contribution in [0.3, 0.4) is 0 Å². The van der Waals surface area contributed by atoms with E-state index in [1.165, 1.54) is 17.2 Å². The number of nitrogens with two attached hydrogens (primary N) is 1. The fourth-order valence-corrected chi connectivity index (χ4v) is 9.41. The lowest BCUT2D eigenvalue weighted by Gasteiger charge is -2.41. The summed E-state index contributed by atoms with van der Waals surface area (Å²) in [6.07, 6.45) is -0.404. The molecular formula is C33H56N4O7SSi2. The highest BCUT2D eigenvalue weighted by Crippen LogP contribution is 2.50. The Kier molecular flexibility index (Phi) is 11.9. The van der Waals surface area contributed by atoms with Gasteiger partial charge in [-0.1, -0.05) is 78.3 Å². The van der Waals surface area contributed by atoms with Crippen LogP contribution in [-0.2, 0) is 30.2 Å². The first-order valence-electron chi connectivity index (χ1n) is 16.5. The van der Waals surface area contributed by atoms with Crippen LogP contribution in [-0.4, -0.2) is 58.5 Å². The molecule has 0 saturated carbocycles. The second-order valence-corrected chi connectivity index (χ2v) is 25.5. The van der Waals surface area contributed by atoms with Gasteiger partial charge in [0.05, 0.1) is 12.3 Å². The lowest BCUT2D eigenvalue weighted by molar-refractivity contribution is -0.0497. The van der Waals surface area contributed by atoms with Crippen molar-refractivity contribution in [3.63, 3.8) is 0 Å². The Labute approximate surface area is 282 Å². The summed E-state index contributed by atoms with van der Waals surface area (Å²) in [5, 5.41) is -0.137. The fourth-order valence-electron chi connectivity index (χ4n) is 5.45. The second kappa shape index (κ2) is 14.3. The number of nitrogens with zero attached hydrogens (tertiary/aromatic N) is 2. The average molecular weight is 709 g/mol. The first-order chi connectivity index (χ1) is 21.7. The van der Waals surface area contributed by atoms with E-state index in [0.29, 0.717) is 17.2 Å². The first-order valence-corrected chi connectivity index (χ1v) is 24.1. The summed E-state index contributed by atoms with van der Waals surface area (Å²) < 4.78 is 53.7. The molecule has 0 amide bonds. The van der Waals surface area contributed by atoms with E-state index in [1.807, 2.05) is 20.0 Å². The minimum atomic E-state index is -4.16. The van der Waals surface area contributed by atoms with E-state index in [4.69, 9.17) is 19.3 Å². The molecule has 0 radical (unpaired) electrons. The number of benzene rings is 1. The van der Waals surface area contributed by atoms with E-state index in [1.54, 1.807) is 44.2 Å². The number of sulfonamides is 1. The normalized spacial score (nSPS) is 24.5. The molecule has 47 heavy (non-hydrogen) atoms. The average Bonchev–Trinajstić information content (AvgIpc) is 3.38. The number of rotatable bonds is 9. The molecule has 4 rings (SSSR count). The molecule has 2 aromatic rings. The zero-order valence-electron chi connectivity index (χ0n) is 30.3. The maximum atomic E-state index is 14.0. The van der Waals surface area contributed by atoms with Gasteiger partial charge >= 0.3 is 5.69 Å². The Bertz CT molecular complexity index is 1680. The molecule has 0 aliphatic carbocycles. The molecule has 3 N–H and O–H groups in total. The number of ether oxygens (including phenoxy) is 1. The van der Waals surface area contributed by atoms with Crippen LogP contribution in [0, 0.1) is 6.92 Å². The van der Waals surface area contributed by atoms with Gasteiger partial charge in [0.15, 0.2) is 22.9 Å². The highest BCUT2D eigenvalue weighted by Gasteiger charge is 2.67. The van der Waals surface area contributed by atoms with E-state index >= 15 is 0 Å². The largest absolute Gasteiger partial charge is 0.414 e. The van der Waals surface area contributed by atoms with E-state index in [0.717, 1.165) is 4.57 Å². The molecule has 11 nitrogen and oxygen atoms in total. The highest BCUT2D eigenvalue weighted by atomic mass is 32.2. The lowest BCUT2D eigenvalue weighted by Crippen LogP contribution is -2.64. The van der Waals surface area contributed by atoms with Gasteiger partial charge in [-0.2, -0.15) is 4.72 Å². The topological polar surface area (TPSA) is 144 Å². The summed E-state index contributed by atoms with van der Waals surface area (Å²) in [5.41, 5.74) is 5.24. The van der Waals surface area contributed by atoms with E-state index < -0.39 is 61.9 Å². The summed E-state index contributed by atoms with van der Waals surface area (Å²) in [4.78, 5) is 26.6. The zero-order chi connectivity index (χ0) is 35.8. The maximum absolute atomic E-state index is 14.0. The molecule has 2 aliphatic heterocycles. The summed E-state index contributed by atoms with van der Waals surface area (Å²) in [6.45, 7) is 24.4. The number of aryl methyl sites for hydroxylation is 1. The Morgan fingerprint density at radius 1 is 1.04 bits per heavy atom. The van der Waals surface area contributed by atoms with Gasteiger partial charge in [0.25, 0.3) is 5.56 Å². The zero-order valence-corrected chi connectivity index (χ0v) is 33.1. The Balaban J connectivity index is 0.00000192. The minimum Gasteiger partial charge on any atom is -0.414 e. The van der Waals surface area contributed by atoms with Crippen molar-refractivity contribution in [3.05, 3.63) is 74.2 Å². The van der Waals surface area contributed by atoms with E-state index in [2.05, 4.69) is 52.4 Å². The van der Waals surface area contributed by atoms with Crippen molar-refractivity contribution in [1.29, 1.82) is 0 Å². The van der Waals surface area contributed by atoms with Gasteiger partial charge in [0.2, 0.25) is 10.0 Å². The SMILES string of the molecule is CCC.CCn1c(=O)c(C)cn(C2OC(CO[Si](C)(C)C(C)(C)C)[C@@]3(NS(=O)(=O)C(c4ccccc4)=C3N)[C@H]2O[Si](C)(C)CC)c1=O. The number of nitrogens with one attached hydrogen (secondary N) is 1. The molecule has 3 heterocycles. The molecule has 1 aromatic carbocycles. The van der Waals surface area contributed by atoms with Gasteiger partial charge in [0.1, 0.15) is 22.7 Å². The summed E-state index contributed by atoms with van der Waals surface area (Å²) in [7, 11) is -9.00. The lowest BCUT2D eigenvalue weighted by atomic mass is 9.85. The third-order valence-electron chi connectivity index (χ3n) is 9.47. The fraction of sp³-hybridized carbons (Fsp3) is 0.636. The van der Waals surface area contributed by atoms with Crippen molar-refractivity contribution in [1.82, 2.24) is 13.9 Å². The van der Waals surface area contributed by atoms with Crippen molar-refractivity contribution < 1.29 is 22.0 Å². The Hall–Kier alpha value is -2.34. The van der Waals surface area contributed by atoms with Gasteiger partial charge in [-0.25, -0.2) is 13.2 Å². The molecule has 14 heteroatoms. The van der Waals surface area contributed by atoms with Crippen LogP contribution in [0.15, 0.2) is 51.8 Å². The molecule has 0 bridgehead atoms. The monoisotopic (exact) mass is 708 g/mol. The van der Waals surface area contributed by atoms with Gasteiger partial charge < -0.3 is 19.3 Å². The van der Waals surface area contributed by atoms with Crippen molar-refractivity contribution >= 4 is 31.6 Å². The van der Waals surface area contributed by atoms with Crippen molar-refractivity contribution in [2.75, 3.05) is 6.61 Å². The molecule has 1 saturated heterocycles. The van der Waals surface area contributed by atoms with Crippen LogP contribution in [0.25, 0.3) is 4.91 Å². The predicted octanol–water partition coefficient (Wildman–Crippen LogP) is 5.28. The van der Waals surface area contributed by atoms with Crippen molar-refractivity contribution in [2.24, 2.45) is 5.73 Å². The third-order valence-corrected chi connectivity index (χ3v) is 18.2. The first kappa shape index (κ1) is 39.1. The second-order valence-electron chi connectivity index (χ2n) is 14.6. The number of hydrogen-bond donors (Lipinski definition) is 2. The standard InChI is InChI=1S/C30H48N4O7SSi2.C3H8/c1-11-33-26(35)20(3)18-34(28(33)36)27-25(41-43(7,8)12-2)30(22(40-27)19-39-44(9,10)29(4,5)6)24(31)23(42(37,38)32-30)21-16-14-13-15-17-21;1-3-2/h13-18,22,25,27,32H,11-12,19,31H2,1-10H3;3H2,1-2H3/t22?,25-,27?,30-;/m0./s1. The summed E-state index contributed by atoms with van der Waals surface area (Å²) >= 11 is 0. The smallest absolute Gasteiger partial charge is 0.333 e. The van der Waals surface area contributed by atoms with Crippen LogP contribution >= 0.6 is 0 Å². The Morgan fingerprint density at radius 3 is 2.13 bits per heavy atom. The van der Waals surface area contributed by atoms with Crippen LogP contribution in [0.1, 0.15) is 72.2 Å². The number of aromatic nitrogens is 2. The minimum absolute atomic E-state index is 0.00734. The predicted molar refractivity (Wildman–Crippen MR) is 194 cm³/mol. The summed E-state index contributed by atoms with van der Waals surface area (Å²) in [6, 6.07) is 9.40. The van der Waals surface area contributed by atoms with Gasteiger partial charge in [0, 0.05) is 18.3 Å². The summed E-state index contributed by atoms with van der Waals surface area (Å²) in [5.74, 6) is 0. The van der Waals surface area contributed by atoms with Crippen LogP contribution < -0.4 is 21.7 Å². The van der Waals surface area contributed by atoms with Gasteiger partial charge in [-0.3, -0.25) is 13.9 Å². The molecule has 2 unspecified atom stereocenters. The van der Waals surface area contributed by atoms with E-state index in [-0.39, 0.29) is 28.8 Å². The quantitative estimate of drug-likeness (QED) is 0.335. The molecule has 4 atom stereocenters. The third kappa shape index (κ3) is 7.48. The number of hydrogen-bond acceptors (Lipinski definition) is 8. The van der Waals surface area contributed by atoms with Gasteiger partial charge in [-0.15, -0.1) is 0 Å². The van der Waals surface area contributed by atoms with Crippen LogP contribution in [0.5, 0.6) is 0 Å². The Morgan fingerprint density at radius 2 is 1.62 bits per heavy atom. The molecular weight excluding hydrogens is 653 g/mol. The molecule has 1 aromatic heterocycles. The van der Waals surface area contributed by atoms with Crippen molar-refractivity contribution in [3.8, 4) is 0 Å². The van der Waals surface area contributed by atoms with Crippen LogP contribution in [0.2, 0.25) is 37.3 Å². The molecule has 1 spiro atoms. The van der Waals surface area contributed by atoms with Crippen LogP contribution in [0.4, 0.5) is 0 Å². The highest BCUT2D eigenvalue weighted by molar-refractivity contribution is 7.99. The molecule has 2 aliphatic rings. The molecule has 264 valence electrons.